The van der Waals surface area contributed by atoms with Gasteiger partial charge in [0.15, 0.2) is 0 Å². The lowest BCUT2D eigenvalue weighted by atomic mass is 10.1. The summed E-state index contributed by atoms with van der Waals surface area (Å²) in [4.78, 5) is 4.18. The monoisotopic (exact) mass is 206 g/mol. The Morgan fingerprint density at radius 3 is 2.73 bits per heavy atom. The zero-order chi connectivity index (χ0) is 11.0. The van der Waals surface area contributed by atoms with Gasteiger partial charge in [-0.1, -0.05) is 0 Å². The first-order valence-electron chi connectivity index (χ1n) is 4.53. The third-order valence-electron chi connectivity index (χ3n) is 2.35. The molecule has 1 heterocycles. The number of rotatable bonds is 1. The molecule has 78 valence electrons. The zero-order valence-corrected chi connectivity index (χ0v) is 8.54. The van der Waals surface area contributed by atoms with E-state index in [1.54, 1.807) is 13.0 Å². The van der Waals surface area contributed by atoms with E-state index in [9.17, 15) is 4.39 Å². The van der Waals surface area contributed by atoms with Crippen LogP contribution < -0.4 is 10.5 Å². The van der Waals surface area contributed by atoms with Crippen molar-refractivity contribution >= 4 is 16.5 Å². The third kappa shape index (κ3) is 1.48. The van der Waals surface area contributed by atoms with Crippen LogP contribution in [0.4, 0.5) is 10.1 Å². The van der Waals surface area contributed by atoms with Gasteiger partial charge in [0.1, 0.15) is 5.82 Å². The number of nitrogens with two attached hydrogens (primary N) is 1. The highest BCUT2D eigenvalue weighted by Crippen LogP contribution is 2.30. The van der Waals surface area contributed by atoms with Gasteiger partial charge in [0.25, 0.3) is 0 Å². The molecule has 0 fully saturated rings. The number of nitrogens with zero attached hydrogens (tertiary/aromatic N) is 1. The molecular weight excluding hydrogens is 195 g/mol. The van der Waals surface area contributed by atoms with Crippen molar-refractivity contribution in [2.24, 2.45) is 0 Å². The molecule has 0 saturated heterocycles. The largest absolute Gasteiger partial charge is 0.481 e. The maximum Gasteiger partial charge on any atom is 0.221 e. The molecule has 0 spiro atoms. The van der Waals surface area contributed by atoms with Crippen LogP contribution in [0, 0.1) is 12.7 Å². The van der Waals surface area contributed by atoms with Crippen LogP contribution in [-0.2, 0) is 0 Å². The highest BCUT2D eigenvalue weighted by Gasteiger charge is 2.09. The van der Waals surface area contributed by atoms with Crippen molar-refractivity contribution in [3.8, 4) is 5.88 Å². The van der Waals surface area contributed by atoms with Gasteiger partial charge >= 0.3 is 0 Å². The Labute approximate surface area is 86.7 Å². The van der Waals surface area contributed by atoms with E-state index < -0.39 is 0 Å². The van der Waals surface area contributed by atoms with Crippen molar-refractivity contribution < 1.29 is 9.13 Å². The molecule has 0 saturated carbocycles. The Balaban J connectivity index is 2.90. The summed E-state index contributed by atoms with van der Waals surface area (Å²) in [7, 11) is 1.53. The van der Waals surface area contributed by atoms with Crippen molar-refractivity contribution in [1.29, 1.82) is 0 Å². The minimum Gasteiger partial charge on any atom is -0.481 e. The number of methoxy groups -OCH3 is 1. The number of ether oxygens (including phenoxy) is 1. The first-order valence-corrected chi connectivity index (χ1v) is 4.53. The quantitative estimate of drug-likeness (QED) is 0.778. The van der Waals surface area contributed by atoms with E-state index in [4.69, 9.17) is 10.5 Å². The number of halogens is 1. The maximum absolute atomic E-state index is 13.1. The molecule has 2 aromatic rings. The lowest BCUT2D eigenvalue weighted by Crippen LogP contribution is -1.98. The Bertz CT molecular complexity index is 525. The van der Waals surface area contributed by atoms with E-state index >= 15 is 0 Å². The molecule has 0 aliphatic carbocycles. The van der Waals surface area contributed by atoms with E-state index in [0.29, 0.717) is 22.6 Å². The van der Waals surface area contributed by atoms with E-state index in [1.807, 2.05) is 0 Å². The second-order valence-electron chi connectivity index (χ2n) is 3.31. The minimum absolute atomic E-state index is 0.318. The molecule has 0 atom stereocenters. The molecular formula is C11H11FN2O. The molecule has 0 bridgehead atoms. The van der Waals surface area contributed by atoms with Gasteiger partial charge in [0.2, 0.25) is 5.88 Å². The fraction of sp³-hybridized carbons (Fsp3) is 0.182. The molecule has 2 N–H and O–H groups in total. The lowest BCUT2D eigenvalue weighted by molar-refractivity contribution is 0.402. The summed E-state index contributed by atoms with van der Waals surface area (Å²) in [5.74, 6) is 0.151. The lowest BCUT2D eigenvalue weighted by Gasteiger charge is -2.09. The normalized spacial score (nSPS) is 10.6. The van der Waals surface area contributed by atoms with E-state index in [-0.39, 0.29) is 5.82 Å². The second-order valence-corrected chi connectivity index (χ2v) is 3.31. The Morgan fingerprint density at radius 1 is 1.33 bits per heavy atom. The number of nitrogen functional groups attached to an aromatic ring is 1. The SMILES string of the molecule is COc1nc(C)c(N)c2cc(F)ccc12. The summed E-state index contributed by atoms with van der Waals surface area (Å²) in [6.45, 7) is 1.77. The van der Waals surface area contributed by atoms with Crippen LogP contribution in [0.5, 0.6) is 5.88 Å². The topological polar surface area (TPSA) is 48.1 Å². The summed E-state index contributed by atoms with van der Waals surface area (Å²) >= 11 is 0. The summed E-state index contributed by atoms with van der Waals surface area (Å²) in [5, 5.41) is 1.36. The number of hydrogen-bond donors (Lipinski definition) is 1. The zero-order valence-electron chi connectivity index (χ0n) is 8.54. The van der Waals surface area contributed by atoms with Gasteiger partial charge < -0.3 is 10.5 Å². The first kappa shape index (κ1) is 9.71. The summed E-state index contributed by atoms with van der Waals surface area (Å²) in [5.41, 5.74) is 6.96. The average molecular weight is 206 g/mol. The van der Waals surface area contributed by atoms with Crippen molar-refractivity contribution in [2.75, 3.05) is 12.8 Å². The van der Waals surface area contributed by atoms with E-state index in [2.05, 4.69) is 4.98 Å². The summed E-state index contributed by atoms with van der Waals surface area (Å²) in [6.07, 6.45) is 0. The van der Waals surface area contributed by atoms with Crippen molar-refractivity contribution in [3.05, 3.63) is 29.7 Å². The predicted octanol–water partition coefficient (Wildman–Crippen LogP) is 2.27. The Kier molecular flexibility index (Phi) is 2.19. The van der Waals surface area contributed by atoms with Gasteiger partial charge in [0.05, 0.1) is 18.5 Å². The Morgan fingerprint density at radius 2 is 2.07 bits per heavy atom. The Hall–Kier alpha value is -1.84. The molecule has 15 heavy (non-hydrogen) atoms. The number of pyridine rings is 1. The van der Waals surface area contributed by atoms with Crippen LogP contribution in [-0.4, -0.2) is 12.1 Å². The van der Waals surface area contributed by atoms with Crippen LogP contribution in [0.25, 0.3) is 10.8 Å². The van der Waals surface area contributed by atoms with Crippen LogP contribution in [0.1, 0.15) is 5.69 Å². The first-order chi connectivity index (χ1) is 7.13. The van der Waals surface area contributed by atoms with Gasteiger partial charge in [0, 0.05) is 10.8 Å². The molecule has 1 aromatic carbocycles. The number of anilines is 1. The van der Waals surface area contributed by atoms with Crippen molar-refractivity contribution in [3.63, 3.8) is 0 Å². The van der Waals surface area contributed by atoms with Gasteiger partial charge in [-0.05, 0) is 25.1 Å². The van der Waals surface area contributed by atoms with Crippen LogP contribution in [0.2, 0.25) is 0 Å². The highest BCUT2D eigenvalue weighted by molar-refractivity contribution is 5.96. The number of benzene rings is 1. The fourth-order valence-corrected chi connectivity index (χ4v) is 1.55. The number of hydrogen-bond acceptors (Lipinski definition) is 3. The van der Waals surface area contributed by atoms with Gasteiger partial charge in [-0.25, -0.2) is 9.37 Å². The van der Waals surface area contributed by atoms with Crippen molar-refractivity contribution in [1.82, 2.24) is 4.98 Å². The second kappa shape index (κ2) is 3.38. The number of fused-ring (bicyclic) bond motifs is 1. The van der Waals surface area contributed by atoms with Crippen LogP contribution in [0.15, 0.2) is 18.2 Å². The number of aryl methyl sites for hydroxylation is 1. The van der Waals surface area contributed by atoms with Gasteiger partial charge in [-0.3, -0.25) is 0 Å². The molecule has 0 aliphatic rings. The average Bonchev–Trinajstić information content (AvgIpc) is 2.23. The van der Waals surface area contributed by atoms with Crippen LogP contribution in [0.3, 0.4) is 0 Å². The van der Waals surface area contributed by atoms with Crippen molar-refractivity contribution in [2.45, 2.75) is 6.92 Å². The predicted molar refractivity (Wildman–Crippen MR) is 57.4 cm³/mol. The van der Waals surface area contributed by atoms with Gasteiger partial charge in [-0.2, -0.15) is 0 Å². The third-order valence-corrected chi connectivity index (χ3v) is 2.35. The van der Waals surface area contributed by atoms with E-state index in [1.165, 1.54) is 19.2 Å². The summed E-state index contributed by atoms with van der Waals surface area (Å²) < 4.78 is 18.2. The molecule has 4 heteroatoms. The van der Waals surface area contributed by atoms with Gasteiger partial charge in [-0.15, -0.1) is 0 Å². The minimum atomic E-state index is -0.318. The summed E-state index contributed by atoms with van der Waals surface area (Å²) in [6, 6.07) is 4.37. The molecule has 3 nitrogen and oxygen atoms in total. The maximum atomic E-state index is 13.1. The molecule has 0 amide bonds. The van der Waals surface area contributed by atoms with Crippen LogP contribution >= 0.6 is 0 Å². The molecule has 0 unspecified atom stereocenters. The molecule has 0 radical (unpaired) electrons. The molecule has 1 aromatic heterocycles. The smallest absolute Gasteiger partial charge is 0.221 e. The fourth-order valence-electron chi connectivity index (χ4n) is 1.55. The molecule has 0 aliphatic heterocycles. The number of aromatic nitrogens is 1. The highest BCUT2D eigenvalue weighted by atomic mass is 19.1. The van der Waals surface area contributed by atoms with E-state index in [0.717, 1.165) is 5.39 Å². The molecule has 2 rings (SSSR count). The standard InChI is InChI=1S/C11H11FN2O/c1-6-10(13)9-5-7(12)3-4-8(9)11(14-6)15-2/h3-5H,13H2,1-2H3.